The van der Waals surface area contributed by atoms with Crippen LogP contribution >= 0.6 is 0 Å². The average Bonchev–Trinajstić information content (AvgIpc) is 2.37. The molecule has 0 fully saturated rings. The molecule has 0 spiro atoms. The van der Waals surface area contributed by atoms with Crippen LogP contribution < -0.4 is 5.73 Å². The number of halogens is 1. The van der Waals surface area contributed by atoms with E-state index in [1.807, 2.05) is 13.0 Å². The smallest absolute Gasteiger partial charge is 0.123 e. The summed E-state index contributed by atoms with van der Waals surface area (Å²) in [6.45, 7) is 4.19. The minimum absolute atomic E-state index is 0.161. The first-order valence-electron chi connectivity index (χ1n) is 7.64. The van der Waals surface area contributed by atoms with Gasteiger partial charge in [0, 0.05) is 6.04 Å². The summed E-state index contributed by atoms with van der Waals surface area (Å²) in [6, 6.07) is 5.19. The summed E-state index contributed by atoms with van der Waals surface area (Å²) in [7, 11) is 0. The zero-order valence-corrected chi connectivity index (χ0v) is 12.4. The molecule has 1 atom stereocenters. The highest BCUT2D eigenvalue weighted by Gasteiger charge is 2.07. The van der Waals surface area contributed by atoms with Gasteiger partial charge < -0.3 is 5.73 Å². The molecule has 0 aliphatic heterocycles. The van der Waals surface area contributed by atoms with Crippen molar-refractivity contribution in [2.24, 2.45) is 5.73 Å². The van der Waals surface area contributed by atoms with E-state index in [1.165, 1.54) is 50.2 Å². The normalized spacial score (nSPS) is 12.6. The summed E-state index contributed by atoms with van der Waals surface area (Å²) in [4.78, 5) is 0. The second-order valence-electron chi connectivity index (χ2n) is 5.59. The maximum atomic E-state index is 13.0. The van der Waals surface area contributed by atoms with Crippen LogP contribution in [0.3, 0.4) is 0 Å². The molecule has 0 heterocycles. The van der Waals surface area contributed by atoms with Gasteiger partial charge in [-0.15, -0.1) is 0 Å². The summed E-state index contributed by atoms with van der Waals surface area (Å²) in [5, 5.41) is 0. The van der Waals surface area contributed by atoms with Gasteiger partial charge in [-0.2, -0.15) is 0 Å². The largest absolute Gasteiger partial charge is 0.327 e. The molecule has 0 aliphatic rings. The van der Waals surface area contributed by atoms with Crippen molar-refractivity contribution < 1.29 is 4.39 Å². The third-order valence-corrected chi connectivity index (χ3v) is 3.72. The van der Waals surface area contributed by atoms with Crippen molar-refractivity contribution in [2.75, 3.05) is 0 Å². The molecule has 0 radical (unpaired) electrons. The van der Waals surface area contributed by atoms with Crippen molar-refractivity contribution in [3.05, 3.63) is 35.1 Å². The molecule has 1 aromatic rings. The molecule has 2 N–H and O–H groups in total. The van der Waals surface area contributed by atoms with Gasteiger partial charge in [0.1, 0.15) is 5.82 Å². The highest BCUT2D eigenvalue weighted by molar-refractivity contribution is 5.27. The standard InChI is InChI=1S/C17H28FN/c1-3-4-5-6-7-8-9-17(19)13-15-10-11-16(18)12-14(15)2/h10-12,17H,3-9,13,19H2,1-2H3. The number of unbranched alkanes of at least 4 members (excludes halogenated alkanes) is 5. The fraction of sp³-hybridized carbons (Fsp3) is 0.647. The second-order valence-corrected chi connectivity index (χ2v) is 5.59. The van der Waals surface area contributed by atoms with Crippen molar-refractivity contribution in [3.8, 4) is 0 Å². The number of hydrogen-bond donors (Lipinski definition) is 1. The van der Waals surface area contributed by atoms with E-state index in [1.54, 1.807) is 6.07 Å². The Balaban J connectivity index is 2.21. The molecule has 0 amide bonds. The monoisotopic (exact) mass is 265 g/mol. The third-order valence-electron chi connectivity index (χ3n) is 3.72. The molecule has 1 nitrogen and oxygen atoms in total. The molecular formula is C17H28FN. The zero-order valence-electron chi connectivity index (χ0n) is 12.4. The van der Waals surface area contributed by atoms with Crippen LogP contribution in [-0.4, -0.2) is 6.04 Å². The first-order valence-corrected chi connectivity index (χ1v) is 7.64. The fourth-order valence-electron chi connectivity index (χ4n) is 2.46. The molecule has 19 heavy (non-hydrogen) atoms. The van der Waals surface area contributed by atoms with Crippen molar-refractivity contribution in [1.82, 2.24) is 0 Å². The topological polar surface area (TPSA) is 26.0 Å². The van der Waals surface area contributed by atoms with Gasteiger partial charge in [0.05, 0.1) is 0 Å². The minimum atomic E-state index is -0.161. The zero-order chi connectivity index (χ0) is 14.1. The SMILES string of the molecule is CCCCCCCCC(N)Cc1ccc(F)cc1C. The van der Waals surface area contributed by atoms with Gasteiger partial charge in [-0.25, -0.2) is 4.39 Å². The number of benzene rings is 1. The Hall–Kier alpha value is -0.890. The molecule has 1 unspecified atom stereocenters. The Labute approximate surface area is 117 Å². The molecule has 0 aliphatic carbocycles. The first-order chi connectivity index (χ1) is 9.13. The van der Waals surface area contributed by atoms with Gasteiger partial charge in [-0.05, 0) is 43.0 Å². The highest BCUT2D eigenvalue weighted by Crippen LogP contribution is 2.14. The summed E-state index contributed by atoms with van der Waals surface area (Å²) >= 11 is 0. The van der Waals surface area contributed by atoms with Gasteiger partial charge in [-0.1, -0.05) is 51.5 Å². The Bertz CT molecular complexity index is 362. The molecule has 0 saturated heterocycles. The average molecular weight is 265 g/mol. The van der Waals surface area contributed by atoms with Crippen molar-refractivity contribution in [2.45, 2.75) is 71.3 Å². The van der Waals surface area contributed by atoms with Crippen LogP contribution in [0.4, 0.5) is 4.39 Å². The van der Waals surface area contributed by atoms with Crippen molar-refractivity contribution in [3.63, 3.8) is 0 Å². The summed E-state index contributed by atoms with van der Waals surface area (Å²) in [5.41, 5.74) is 8.35. The van der Waals surface area contributed by atoms with E-state index in [0.717, 1.165) is 18.4 Å². The lowest BCUT2D eigenvalue weighted by Crippen LogP contribution is -2.23. The lowest BCUT2D eigenvalue weighted by atomic mass is 9.97. The van der Waals surface area contributed by atoms with E-state index in [4.69, 9.17) is 5.73 Å². The van der Waals surface area contributed by atoms with Gasteiger partial charge in [0.2, 0.25) is 0 Å². The highest BCUT2D eigenvalue weighted by atomic mass is 19.1. The first kappa shape index (κ1) is 16.2. The second kappa shape index (κ2) is 9.08. The third kappa shape index (κ3) is 6.72. The predicted octanol–water partition coefficient (Wildman–Crippen LogP) is 4.75. The van der Waals surface area contributed by atoms with Gasteiger partial charge >= 0.3 is 0 Å². The van der Waals surface area contributed by atoms with Gasteiger partial charge in [-0.3, -0.25) is 0 Å². The maximum absolute atomic E-state index is 13.0. The quantitative estimate of drug-likeness (QED) is 0.640. The molecule has 0 bridgehead atoms. The van der Waals surface area contributed by atoms with Crippen molar-refractivity contribution >= 4 is 0 Å². The van der Waals surface area contributed by atoms with E-state index in [2.05, 4.69) is 6.92 Å². The van der Waals surface area contributed by atoms with Crippen LogP contribution in [-0.2, 0) is 6.42 Å². The van der Waals surface area contributed by atoms with Crippen LogP contribution in [0.2, 0.25) is 0 Å². The molecule has 108 valence electrons. The van der Waals surface area contributed by atoms with E-state index in [-0.39, 0.29) is 11.9 Å². The van der Waals surface area contributed by atoms with Crippen LogP contribution in [0, 0.1) is 12.7 Å². The molecule has 0 aromatic heterocycles. The van der Waals surface area contributed by atoms with Crippen LogP contribution in [0.15, 0.2) is 18.2 Å². The van der Waals surface area contributed by atoms with Crippen molar-refractivity contribution in [1.29, 1.82) is 0 Å². The molecular weight excluding hydrogens is 237 g/mol. The van der Waals surface area contributed by atoms with E-state index >= 15 is 0 Å². The lowest BCUT2D eigenvalue weighted by molar-refractivity contribution is 0.531. The van der Waals surface area contributed by atoms with Crippen LogP contribution in [0.1, 0.15) is 63.0 Å². The Morgan fingerprint density at radius 3 is 2.47 bits per heavy atom. The summed E-state index contributed by atoms with van der Waals surface area (Å²) in [5.74, 6) is -0.161. The predicted molar refractivity (Wildman–Crippen MR) is 80.8 cm³/mol. The lowest BCUT2D eigenvalue weighted by Gasteiger charge is -2.13. The molecule has 2 heteroatoms. The Morgan fingerprint density at radius 1 is 1.11 bits per heavy atom. The summed E-state index contributed by atoms with van der Waals surface area (Å²) < 4.78 is 13.0. The Morgan fingerprint density at radius 2 is 1.79 bits per heavy atom. The van der Waals surface area contributed by atoms with Gasteiger partial charge in [0.15, 0.2) is 0 Å². The number of rotatable bonds is 9. The van der Waals surface area contributed by atoms with Crippen LogP contribution in [0.5, 0.6) is 0 Å². The van der Waals surface area contributed by atoms with Crippen LogP contribution in [0.25, 0.3) is 0 Å². The van der Waals surface area contributed by atoms with Gasteiger partial charge in [0.25, 0.3) is 0 Å². The Kier molecular flexibility index (Phi) is 7.73. The molecule has 1 rings (SSSR count). The van der Waals surface area contributed by atoms with E-state index < -0.39 is 0 Å². The molecule has 1 aromatic carbocycles. The fourth-order valence-corrected chi connectivity index (χ4v) is 2.46. The van der Waals surface area contributed by atoms with E-state index in [0.29, 0.717) is 0 Å². The number of aryl methyl sites for hydroxylation is 1. The minimum Gasteiger partial charge on any atom is -0.327 e. The summed E-state index contributed by atoms with van der Waals surface area (Å²) in [6.07, 6.45) is 9.76. The maximum Gasteiger partial charge on any atom is 0.123 e. The molecule has 0 saturated carbocycles. The van der Waals surface area contributed by atoms with E-state index in [9.17, 15) is 4.39 Å². The number of hydrogen-bond acceptors (Lipinski definition) is 1. The number of nitrogens with two attached hydrogens (primary N) is 1.